The lowest BCUT2D eigenvalue weighted by Gasteiger charge is -2.31. The maximum Gasteiger partial charge on any atom is 0.223 e. The number of nitrogens with zero attached hydrogens (tertiary/aromatic N) is 1. The molecule has 0 saturated carbocycles. The van der Waals surface area contributed by atoms with Gasteiger partial charge in [0, 0.05) is 35.5 Å². The van der Waals surface area contributed by atoms with Gasteiger partial charge in [0.1, 0.15) is 5.75 Å². The number of likely N-dealkylation sites (tertiary alicyclic amines) is 1. The van der Waals surface area contributed by atoms with Gasteiger partial charge in [-0.05, 0) is 55.9 Å². The number of halogens is 1. The van der Waals surface area contributed by atoms with Crippen molar-refractivity contribution in [2.75, 3.05) is 13.7 Å². The van der Waals surface area contributed by atoms with E-state index in [2.05, 4.69) is 5.32 Å². The van der Waals surface area contributed by atoms with Crippen LogP contribution < -0.4 is 10.1 Å². The molecule has 2 fully saturated rings. The standard InChI is InChI=1S/C25H29ClN2O3/c1-31-22-7-3-2-5-20(22)21-6-4-16-28(21)24(30)13-15-25(14-12-23(29)27-25)17-18-8-10-19(26)11-9-18/h2-3,5,7-11,21H,4,6,12-17H2,1H3,(H,27,29). The molecule has 2 aliphatic heterocycles. The monoisotopic (exact) mass is 440 g/mol. The lowest BCUT2D eigenvalue weighted by molar-refractivity contribution is -0.132. The van der Waals surface area contributed by atoms with Crippen LogP contribution in [0.15, 0.2) is 48.5 Å². The first-order valence-corrected chi connectivity index (χ1v) is 11.4. The highest BCUT2D eigenvalue weighted by atomic mass is 35.5. The minimum absolute atomic E-state index is 0.0500. The van der Waals surface area contributed by atoms with Crippen molar-refractivity contribution in [3.05, 3.63) is 64.7 Å². The Balaban J connectivity index is 1.46. The number of hydrogen-bond donors (Lipinski definition) is 1. The van der Waals surface area contributed by atoms with Crippen molar-refractivity contribution < 1.29 is 14.3 Å². The van der Waals surface area contributed by atoms with Gasteiger partial charge in [-0.3, -0.25) is 9.59 Å². The van der Waals surface area contributed by atoms with E-state index in [0.29, 0.717) is 30.7 Å². The first kappa shape index (κ1) is 21.7. The predicted octanol–water partition coefficient (Wildman–Crippen LogP) is 4.68. The largest absolute Gasteiger partial charge is 0.496 e. The molecule has 2 atom stereocenters. The maximum atomic E-state index is 13.3. The van der Waals surface area contributed by atoms with Crippen LogP contribution in [0.1, 0.15) is 55.7 Å². The van der Waals surface area contributed by atoms with Gasteiger partial charge in [0.2, 0.25) is 11.8 Å². The van der Waals surface area contributed by atoms with Crippen LogP contribution in [-0.4, -0.2) is 35.9 Å². The normalized spacial score (nSPS) is 23.1. The van der Waals surface area contributed by atoms with Gasteiger partial charge >= 0.3 is 0 Å². The average Bonchev–Trinajstić information content (AvgIpc) is 3.41. The van der Waals surface area contributed by atoms with Crippen LogP contribution in [0.4, 0.5) is 0 Å². The van der Waals surface area contributed by atoms with Gasteiger partial charge in [0.25, 0.3) is 0 Å². The molecule has 2 saturated heterocycles. The van der Waals surface area contributed by atoms with E-state index in [9.17, 15) is 9.59 Å². The van der Waals surface area contributed by atoms with Crippen molar-refractivity contribution >= 4 is 23.4 Å². The number of ether oxygens (including phenoxy) is 1. The van der Waals surface area contributed by atoms with Crippen LogP contribution >= 0.6 is 11.6 Å². The Labute approximate surface area is 188 Å². The van der Waals surface area contributed by atoms with E-state index in [-0.39, 0.29) is 23.4 Å². The molecule has 31 heavy (non-hydrogen) atoms. The van der Waals surface area contributed by atoms with Crippen LogP contribution in [0.25, 0.3) is 0 Å². The molecule has 0 aliphatic carbocycles. The number of benzene rings is 2. The third kappa shape index (κ3) is 4.87. The van der Waals surface area contributed by atoms with Crippen LogP contribution in [-0.2, 0) is 16.0 Å². The Bertz CT molecular complexity index is 946. The highest BCUT2D eigenvalue weighted by Crippen LogP contribution is 2.38. The summed E-state index contributed by atoms with van der Waals surface area (Å²) in [6, 6.07) is 15.7. The molecule has 0 bridgehead atoms. The van der Waals surface area contributed by atoms with Crippen molar-refractivity contribution in [1.82, 2.24) is 10.2 Å². The van der Waals surface area contributed by atoms with E-state index in [4.69, 9.17) is 16.3 Å². The van der Waals surface area contributed by atoms with Gasteiger partial charge < -0.3 is 15.0 Å². The minimum Gasteiger partial charge on any atom is -0.496 e. The van der Waals surface area contributed by atoms with Crippen molar-refractivity contribution in [2.24, 2.45) is 0 Å². The number of carbonyl (C=O) groups is 2. The average molecular weight is 441 g/mol. The van der Waals surface area contributed by atoms with Crippen LogP contribution in [0.3, 0.4) is 0 Å². The second-order valence-electron chi connectivity index (χ2n) is 8.62. The molecule has 2 amide bonds. The van der Waals surface area contributed by atoms with E-state index in [0.717, 1.165) is 42.7 Å². The molecule has 2 unspecified atom stereocenters. The molecular weight excluding hydrogens is 412 g/mol. The van der Waals surface area contributed by atoms with Gasteiger partial charge in [-0.25, -0.2) is 0 Å². The van der Waals surface area contributed by atoms with Gasteiger partial charge in [-0.1, -0.05) is 41.9 Å². The van der Waals surface area contributed by atoms with Crippen molar-refractivity contribution in [3.8, 4) is 5.75 Å². The number of amides is 2. The van der Waals surface area contributed by atoms with Crippen LogP contribution in [0, 0.1) is 0 Å². The second kappa shape index (κ2) is 9.31. The summed E-state index contributed by atoms with van der Waals surface area (Å²) >= 11 is 6.02. The summed E-state index contributed by atoms with van der Waals surface area (Å²) in [5.74, 6) is 1.04. The third-order valence-electron chi connectivity index (χ3n) is 6.58. The van der Waals surface area contributed by atoms with Gasteiger partial charge in [-0.2, -0.15) is 0 Å². The van der Waals surface area contributed by atoms with Crippen LogP contribution in [0.5, 0.6) is 5.75 Å². The lowest BCUT2D eigenvalue weighted by atomic mass is 9.85. The molecular formula is C25H29ClN2O3. The summed E-state index contributed by atoms with van der Waals surface area (Å²) in [5, 5.41) is 3.87. The molecule has 0 radical (unpaired) electrons. The summed E-state index contributed by atoms with van der Waals surface area (Å²) < 4.78 is 5.53. The zero-order chi connectivity index (χ0) is 21.8. The van der Waals surface area contributed by atoms with E-state index in [1.54, 1.807) is 7.11 Å². The Hall–Kier alpha value is -2.53. The van der Waals surface area contributed by atoms with E-state index >= 15 is 0 Å². The Morgan fingerprint density at radius 1 is 1.23 bits per heavy atom. The minimum atomic E-state index is -0.375. The maximum absolute atomic E-state index is 13.3. The van der Waals surface area contributed by atoms with E-state index < -0.39 is 0 Å². The highest BCUT2D eigenvalue weighted by Gasteiger charge is 2.39. The smallest absolute Gasteiger partial charge is 0.223 e. The SMILES string of the molecule is COc1ccccc1C1CCCN1C(=O)CCC1(Cc2ccc(Cl)cc2)CCC(=O)N1. The number of para-hydroxylation sites is 1. The molecule has 0 aromatic heterocycles. The summed E-state index contributed by atoms with van der Waals surface area (Å²) in [4.78, 5) is 27.3. The fourth-order valence-electron chi connectivity index (χ4n) is 5.00. The number of nitrogens with one attached hydrogen (secondary N) is 1. The van der Waals surface area contributed by atoms with Crippen LogP contribution in [0.2, 0.25) is 5.02 Å². The van der Waals surface area contributed by atoms with Gasteiger partial charge in [0.05, 0.1) is 13.2 Å². The van der Waals surface area contributed by atoms with E-state index in [1.165, 1.54) is 0 Å². The molecule has 2 aromatic rings. The van der Waals surface area contributed by atoms with Gasteiger partial charge in [0.15, 0.2) is 0 Å². The fraction of sp³-hybridized carbons (Fsp3) is 0.440. The van der Waals surface area contributed by atoms with Crippen molar-refractivity contribution in [2.45, 2.75) is 56.5 Å². The van der Waals surface area contributed by atoms with Gasteiger partial charge in [-0.15, -0.1) is 0 Å². The summed E-state index contributed by atoms with van der Waals surface area (Å²) in [6.07, 6.45) is 4.95. The first-order valence-electron chi connectivity index (χ1n) is 11.0. The molecule has 2 aliphatic rings. The first-order chi connectivity index (χ1) is 15.0. The summed E-state index contributed by atoms with van der Waals surface area (Å²) in [7, 11) is 1.67. The lowest BCUT2D eigenvalue weighted by Crippen LogP contribution is -2.45. The quantitative estimate of drug-likeness (QED) is 0.679. The number of carbonyl (C=O) groups excluding carboxylic acids is 2. The fourth-order valence-corrected chi connectivity index (χ4v) is 5.12. The second-order valence-corrected chi connectivity index (χ2v) is 9.06. The van der Waals surface area contributed by atoms with E-state index in [1.807, 2.05) is 53.4 Å². The molecule has 4 rings (SSSR count). The molecule has 1 N–H and O–H groups in total. The Morgan fingerprint density at radius 2 is 2.00 bits per heavy atom. The zero-order valence-corrected chi connectivity index (χ0v) is 18.7. The number of hydrogen-bond acceptors (Lipinski definition) is 3. The number of methoxy groups -OCH3 is 1. The predicted molar refractivity (Wildman–Crippen MR) is 121 cm³/mol. The topological polar surface area (TPSA) is 58.6 Å². The third-order valence-corrected chi connectivity index (χ3v) is 6.83. The summed E-state index contributed by atoms with van der Waals surface area (Å²) in [6.45, 7) is 0.762. The molecule has 164 valence electrons. The molecule has 2 heterocycles. The number of rotatable bonds is 7. The summed E-state index contributed by atoms with van der Waals surface area (Å²) in [5.41, 5.74) is 1.81. The Kier molecular flexibility index (Phi) is 6.51. The van der Waals surface area contributed by atoms with Crippen molar-refractivity contribution in [3.63, 3.8) is 0 Å². The Morgan fingerprint density at radius 3 is 2.71 bits per heavy atom. The molecule has 2 aromatic carbocycles. The molecule has 5 nitrogen and oxygen atoms in total. The zero-order valence-electron chi connectivity index (χ0n) is 17.9. The molecule has 6 heteroatoms. The highest BCUT2D eigenvalue weighted by molar-refractivity contribution is 6.30. The molecule has 0 spiro atoms. The van der Waals surface area contributed by atoms with Crippen molar-refractivity contribution in [1.29, 1.82) is 0 Å².